The van der Waals surface area contributed by atoms with Gasteiger partial charge in [0.25, 0.3) is 0 Å². The van der Waals surface area contributed by atoms with Gasteiger partial charge in [0, 0.05) is 19.8 Å². The Bertz CT molecular complexity index is 305. The molecule has 2 unspecified atom stereocenters. The summed E-state index contributed by atoms with van der Waals surface area (Å²) in [6.07, 6.45) is 1.85. The molecule has 0 aliphatic carbocycles. The first-order valence-electron chi connectivity index (χ1n) is 6.01. The molecule has 0 aromatic heterocycles. The maximum absolute atomic E-state index is 10.1. The highest BCUT2D eigenvalue weighted by atomic mass is 16.3. The molecule has 2 atom stereocenters. The summed E-state index contributed by atoms with van der Waals surface area (Å²) < 4.78 is 0. The van der Waals surface area contributed by atoms with E-state index in [1.807, 2.05) is 26.2 Å². The van der Waals surface area contributed by atoms with Crippen LogP contribution in [0.25, 0.3) is 0 Å². The fraction of sp³-hybridized carbons (Fsp3) is 0.571. The highest BCUT2D eigenvalue weighted by Crippen LogP contribution is 2.26. The van der Waals surface area contributed by atoms with E-state index in [2.05, 4.69) is 30.9 Å². The lowest BCUT2D eigenvalue weighted by Gasteiger charge is -2.20. The van der Waals surface area contributed by atoms with Crippen molar-refractivity contribution in [2.45, 2.75) is 32.8 Å². The van der Waals surface area contributed by atoms with Crippen molar-refractivity contribution in [2.75, 3.05) is 19.0 Å². The van der Waals surface area contributed by atoms with E-state index in [-0.39, 0.29) is 6.10 Å². The predicted octanol–water partition coefficient (Wildman–Crippen LogP) is 3.22. The molecule has 2 heteroatoms. The molecule has 2 nitrogen and oxygen atoms in total. The standard InChI is InChI=1S/C14H23NO/c1-5-6-11(2)14(16)12-7-9-13(10-8-12)15(3)4/h7-11,14,16H,5-6H2,1-4H3. The zero-order valence-electron chi connectivity index (χ0n) is 10.8. The molecule has 0 bridgehead atoms. The summed E-state index contributed by atoms with van der Waals surface area (Å²) in [5.74, 6) is 0.329. The van der Waals surface area contributed by atoms with Gasteiger partial charge in [-0.05, 0) is 30.0 Å². The number of anilines is 1. The van der Waals surface area contributed by atoms with Gasteiger partial charge < -0.3 is 10.0 Å². The summed E-state index contributed by atoms with van der Waals surface area (Å²) in [5.41, 5.74) is 2.19. The summed E-state index contributed by atoms with van der Waals surface area (Å²) in [6, 6.07) is 8.15. The summed E-state index contributed by atoms with van der Waals surface area (Å²) in [4.78, 5) is 2.06. The minimum absolute atomic E-state index is 0.329. The molecule has 16 heavy (non-hydrogen) atoms. The fourth-order valence-electron chi connectivity index (χ4n) is 1.91. The molecule has 1 aromatic rings. The first-order chi connectivity index (χ1) is 7.56. The van der Waals surface area contributed by atoms with Crippen molar-refractivity contribution >= 4 is 5.69 Å². The van der Waals surface area contributed by atoms with Crippen molar-refractivity contribution in [3.63, 3.8) is 0 Å². The van der Waals surface area contributed by atoms with Crippen LogP contribution in [0.2, 0.25) is 0 Å². The number of nitrogens with zero attached hydrogens (tertiary/aromatic N) is 1. The van der Waals surface area contributed by atoms with Gasteiger partial charge in [0.15, 0.2) is 0 Å². The summed E-state index contributed by atoms with van der Waals surface area (Å²) in [7, 11) is 4.04. The third-order valence-corrected chi connectivity index (χ3v) is 3.03. The largest absolute Gasteiger partial charge is 0.388 e. The van der Waals surface area contributed by atoms with Crippen LogP contribution >= 0.6 is 0 Å². The van der Waals surface area contributed by atoms with Gasteiger partial charge in [-0.25, -0.2) is 0 Å². The van der Waals surface area contributed by atoms with Crippen LogP contribution in [-0.2, 0) is 0 Å². The molecule has 0 saturated heterocycles. The molecule has 0 aliphatic rings. The lowest BCUT2D eigenvalue weighted by molar-refractivity contribution is 0.112. The molecular formula is C14H23NO. The maximum atomic E-state index is 10.1. The topological polar surface area (TPSA) is 23.5 Å². The van der Waals surface area contributed by atoms with Crippen LogP contribution in [0.15, 0.2) is 24.3 Å². The number of aliphatic hydroxyl groups is 1. The van der Waals surface area contributed by atoms with Crippen molar-refractivity contribution in [3.05, 3.63) is 29.8 Å². The summed E-state index contributed by atoms with van der Waals surface area (Å²) in [6.45, 7) is 4.26. The summed E-state index contributed by atoms with van der Waals surface area (Å²) >= 11 is 0. The van der Waals surface area contributed by atoms with Gasteiger partial charge in [0.05, 0.1) is 6.10 Å². The average Bonchev–Trinajstić information content (AvgIpc) is 2.28. The molecular weight excluding hydrogens is 198 g/mol. The molecule has 0 amide bonds. The smallest absolute Gasteiger partial charge is 0.0815 e. The van der Waals surface area contributed by atoms with E-state index in [4.69, 9.17) is 0 Å². The van der Waals surface area contributed by atoms with Crippen LogP contribution in [0, 0.1) is 5.92 Å². The Morgan fingerprint density at radius 1 is 1.19 bits per heavy atom. The third kappa shape index (κ3) is 3.24. The van der Waals surface area contributed by atoms with Crippen molar-refractivity contribution in [1.82, 2.24) is 0 Å². The first-order valence-corrected chi connectivity index (χ1v) is 6.01. The van der Waals surface area contributed by atoms with Gasteiger partial charge in [-0.15, -0.1) is 0 Å². The normalized spacial score (nSPS) is 14.6. The number of aliphatic hydroxyl groups excluding tert-OH is 1. The second-order valence-electron chi connectivity index (χ2n) is 4.70. The van der Waals surface area contributed by atoms with Crippen LogP contribution in [0.4, 0.5) is 5.69 Å². The fourth-order valence-corrected chi connectivity index (χ4v) is 1.91. The molecule has 0 fully saturated rings. The Morgan fingerprint density at radius 2 is 1.75 bits per heavy atom. The third-order valence-electron chi connectivity index (χ3n) is 3.03. The number of rotatable bonds is 5. The monoisotopic (exact) mass is 221 g/mol. The van der Waals surface area contributed by atoms with Gasteiger partial charge in [-0.1, -0.05) is 32.4 Å². The maximum Gasteiger partial charge on any atom is 0.0815 e. The highest BCUT2D eigenvalue weighted by molar-refractivity contribution is 5.46. The molecule has 0 heterocycles. The van der Waals surface area contributed by atoms with Gasteiger partial charge in [-0.3, -0.25) is 0 Å². The molecule has 1 aromatic carbocycles. The molecule has 90 valence electrons. The van der Waals surface area contributed by atoms with Crippen LogP contribution in [-0.4, -0.2) is 19.2 Å². The lowest BCUT2D eigenvalue weighted by Crippen LogP contribution is -2.11. The van der Waals surface area contributed by atoms with Crippen molar-refractivity contribution in [2.24, 2.45) is 5.92 Å². The molecule has 1 rings (SSSR count). The minimum atomic E-state index is -0.337. The Labute approximate surface area is 98.9 Å². The van der Waals surface area contributed by atoms with E-state index in [1.165, 1.54) is 5.69 Å². The predicted molar refractivity (Wildman–Crippen MR) is 69.8 cm³/mol. The van der Waals surface area contributed by atoms with Crippen molar-refractivity contribution in [1.29, 1.82) is 0 Å². The van der Waals surface area contributed by atoms with E-state index in [0.717, 1.165) is 18.4 Å². The van der Waals surface area contributed by atoms with Crippen LogP contribution < -0.4 is 4.90 Å². The van der Waals surface area contributed by atoms with E-state index < -0.39 is 0 Å². The minimum Gasteiger partial charge on any atom is -0.388 e. The lowest BCUT2D eigenvalue weighted by atomic mass is 9.93. The van der Waals surface area contributed by atoms with Crippen LogP contribution in [0.3, 0.4) is 0 Å². The number of benzene rings is 1. The van der Waals surface area contributed by atoms with Crippen LogP contribution in [0.5, 0.6) is 0 Å². The van der Waals surface area contributed by atoms with E-state index in [0.29, 0.717) is 5.92 Å². The number of hydrogen-bond acceptors (Lipinski definition) is 2. The second kappa shape index (κ2) is 5.90. The Hall–Kier alpha value is -1.02. The second-order valence-corrected chi connectivity index (χ2v) is 4.70. The highest BCUT2D eigenvalue weighted by Gasteiger charge is 2.15. The molecule has 1 N–H and O–H groups in total. The van der Waals surface area contributed by atoms with Crippen LogP contribution in [0.1, 0.15) is 38.4 Å². The van der Waals surface area contributed by atoms with Gasteiger partial charge >= 0.3 is 0 Å². The summed E-state index contributed by atoms with van der Waals surface area (Å²) in [5, 5.41) is 10.1. The van der Waals surface area contributed by atoms with Gasteiger partial charge in [0.2, 0.25) is 0 Å². The molecule has 0 radical (unpaired) electrons. The number of hydrogen-bond donors (Lipinski definition) is 1. The average molecular weight is 221 g/mol. The molecule has 0 aliphatic heterocycles. The molecule has 0 saturated carbocycles. The zero-order chi connectivity index (χ0) is 12.1. The Kier molecular flexibility index (Phi) is 4.81. The zero-order valence-corrected chi connectivity index (χ0v) is 10.8. The van der Waals surface area contributed by atoms with Gasteiger partial charge in [0.1, 0.15) is 0 Å². The Balaban J connectivity index is 2.73. The van der Waals surface area contributed by atoms with Crippen molar-refractivity contribution < 1.29 is 5.11 Å². The van der Waals surface area contributed by atoms with E-state index in [9.17, 15) is 5.11 Å². The quantitative estimate of drug-likeness (QED) is 0.825. The Morgan fingerprint density at radius 3 is 2.19 bits per heavy atom. The van der Waals surface area contributed by atoms with Crippen molar-refractivity contribution in [3.8, 4) is 0 Å². The van der Waals surface area contributed by atoms with Gasteiger partial charge in [-0.2, -0.15) is 0 Å². The molecule has 0 spiro atoms. The van der Waals surface area contributed by atoms with E-state index >= 15 is 0 Å². The SMILES string of the molecule is CCCC(C)C(O)c1ccc(N(C)C)cc1. The first kappa shape index (κ1) is 13.0. The van der Waals surface area contributed by atoms with E-state index in [1.54, 1.807) is 0 Å².